The molecule has 12 heavy (non-hydrogen) atoms. The number of nitrogens with one attached hydrogen (secondary N) is 1. The van der Waals surface area contributed by atoms with Crippen LogP contribution in [0, 0.1) is 0 Å². The Morgan fingerprint density at radius 2 is 2.50 bits per heavy atom. The summed E-state index contributed by atoms with van der Waals surface area (Å²) in [5.41, 5.74) is 0. The molecule has 1 saturated heterocycles. The lowest BCUT2D eigenvalue weighted by molar-refractivity contribution is -0.145. The first-order chi connectivity index (χ1) is 5.77. The number of ether oxygens (including phenoxy) is 1. The number of hydrogen-bond acceptors (Lipinski definition) is 4. The number of esters is 1. The molecule has 1 heterocycles. The van der Waals surface area contributed by atoms with Crippen molar-refractivity contribution in [2.75, 3.05) is 19.4 Å². The van der Waals surface area contributed by atoms with Gasteiger partial charge >= 0.3 is 5.97 Å². The lowest BCUT2D eigenvalue weighted by Crippen LogP contribution is -2.32. The van der Waals surface area contributed by atoms with E-state index in [2.05, 4.69) is 11.6 Å². The molecule has 0 unspecified atom stereocenters. The van der Waals surface area contributed by atoms with Gasteiger partial charge in [-0.15, -0.1) is 0 Å². The predicted molar refractivity (Wildman–Crippen MR) is 50.3 cm³/mol. The van der Waals surface area contributed by atoms with Crippen molar-refractivity contribution >= 4 is 17.7 Å². The topological polar surface area (TPSA) is 38.3 Å². The Labute approximate surface area is 77.2 Å². The van der Waals surface area contributed by atoms with Gasteiger partial charge in [-0.3, -0.25) is 4.79 Å². The first-order valence-electron chi connectivity index (χ1n) is 4.20. The van der Waals surface area contributed by atoms with Crippen LogP contribution in [0.3, 0.4) is 0 Å². The lowest BCUT2D eigenvalue weighted by Gasteiger charge is -2.08. The van der Waals surface area contributed by atoms with Crippen molar-refractivity contribution in [3.8, 4) is 0 Å². The summed E-state index contributed by atoms with van der Waals surface area (Å²) in [5.74, 6) is -0.103. The first kappa shape index (κ1) is 9.86. The highest BCUT2D eigenvalue weighted by molar-refractivity contribution is 7.99. The molecule has 2 atom stereocenters. The van der Waals surface area contributed by atoms with Gasteiger partial charge in [0.05, 0.1) is 6.61 Å². The molecule has 0 aromatic rings. The molecular formula is C8H15NO2S. The molecule has 70 valence electrons. The summed E-state index contributed by atoms with van der Waals surface area (Å²) >= 11 is 1.80. The van der Waals surface area contributed by atoms with E-state index >= 15 is 0 Å². The summed E-state index contributed by atoms with van der Waals surface area (Å²) < 4.78 is 4.91. The van der Waals surface area contributed by atoms with Crippen LogP contribution in [0.4, 0.5) is 0 Å². The highest BCUT2D eigenvalue weighted by atomic mass is 32.2. The zero-order chi connectivity index (χ0) is 8.97. The number of hydrogen-bond donors (Lipinski definition) is 1. The number of carbonyl (C=O) groups is 1. The van der Waals surface area contributed by atoms with E-state index < -0.39 is 0 Å². The SMILES string of the molecule is CCOC(=O)[C@@H]1C[C@H](SC)CN1. The summed E-state index contributed by atoms with van der Waals surface area (Å²) in [5, 5.41) is 3.72. The van der Waals surface area contributed by atoms with E-state index in [0.29, 0.717) is 11.9 Å². The normalized spacial score (nSPS) is 28.8. The summed E-state index contributed by atoms with van der Waals surface area (Å²) in [6.45, 7) is 3.23. The third kappa shape index (κ3) is 2.38. The third-order valence-electron chi connectivity index (χ3n) is 1.99. The highest BCUT2D eigenvalue weighted by Crippen LogP contribution is 2.18. The summed E-state index contributed by atoms with van der Waals surface area (Å²) in [6, 6.07) is -0.0672. The van der Waals surface area contributed by atoms with Crippen LogP contribution in [-0.4, -0.2) is 36.7 Å². The summed E-state index contributed by atoms with van der Waals surface area (Å²) in [7, 11) is 0. The van der Waals surface area contributed by atoms with Crippen LogP contribution in [0.1, 0.15) is 13.3 Å². The van der Waals surface area contributed by atoms with E-state index in [4.69, 9.17) is 4.74 Å². The molecule has 3 nitrogen and oxygen atoms in total. The van der Waals surface area contributed by atoms with Gasteiger partial charge in [0, 0.05) is 11.8 Å². The van der Waals surface area contributed by atoms with Gasteiger partial charge in [-0.25, -0.2) is 0 Å². The van der Waals surface area contributed by atoms with Gasteiger partial charge in [0.1, 0.15) is 6.04 Å². The molecule has 1 aliphatic heterocycles. The zero-order valence-electron chi connectivity index (χ0n) is 7.50. The van der Waals surface area contributed by atoms with Crippen molar-refractivity contribution in [1.82, 2.24) is 5.32 Å². The predicted octanol–water partition coefficient (Wildman–Crippen LogP) is 0.643. The zero-order valence-corrected chi connectivity index (χ0v) is 8.32. The van der Waals surface area contributed by atoms with Crippen molar-refractivity contribution in [3.05, 3.63) is 0 Å². The van der Waals surface area contributed by atoms with Gasteiger partial charge in [-0.05, 0) is 19.6 Å². The van der Waals surface area contributed by atoms with Gasteiger partial charge in [0.25, 0.3) is 0 Å². The van der Waals surface area contributed by atoms with E-state index in [9.17, 15) is 4.79 Å². The Hall–Kier alpha value is -0.220. The maximum Gasteiger partial charge on any atom is 0.323 e. The molecule has 1 fully saturated rings. The van der Waals surface area contributed by atoms with E-state index in [1.54, 1.807) is 11.8 Å². The average Bonchev–Trinajstić information content (AvgIpc) is 2.52. The molecule has 0 amide bonds. The van der Waals surface area contributed by atoms with E-state index in [-0.39, 0.29) is 12.0 Å². The van der Waals surface area contributed by atoms with E-state index in [0.717, 1.165) is 13.0 Å². The minimum Gasteiger partial charge on any atom is -0.465 e. The standard InChI is InChI=1S/C8H15NO2S/c1-3-11-8(10)7-4-6(12-2)5-9-7/h6-7,9H,3-5H2,1-2H3/t6-,7-/m0/s1. The molecule has 0 bridgehead atoms. The van der Waals surface area contributed by atoms with Crippen molar-refractivity contribution in [2.24, 2.45) is 0 Å². The molecule has 4 heteroatoms. The second-order valence-corrected chi connectivity index (χ2v) is 3.94. The first-order valence-corrected chi connectivity index (χ1v) is 5.49. The van der Waals surface area contributed by atoms with Gasteiger partial charge in [-0.2, -0.15) is 11.8 Å². The molecule has 1 N–H and O–H groups in total. The lowest BCUT2D eigenvalue weighted by atomic mass is 10.2. The van der Waals surface area contributed by atoms with Crippen LogP contribution in [0.2, 0.25) is 0 Å². The van der Waals surface area contributed by atoms with Crippen molar-refractivity contribution in [2.45, 2.75) is 24.6 Å². The Morgan fingerprint density at radius 1 is 1.75 bits per heavy atom. The van der Waals surface area contributed by atoms with Crippen LogP contribution in [0.15, 0.2) is 0 Å². The van der Waals surface area contributed by atoms with Crippen LogP contribution in [0.5, 0.6) is 0 Å². The maximum atomic E-state index is 11.2. The van der Waals surface area contributed by atoms with Crippen LogP contribution >= 0.6 is 11.8 Å². The second-order valence-electron chi connectivity index (χ2n) is 2.81. The Bertz CT molecular complexity index is 163. The van der Waals surface area contributed by atoms with Gasteiger partial charge < -0.3 is 10.1 Å². The van der Waals surface area contributed by atoms with Crippen LogP contribution in [-0.2, 0) is 9.53 Å². The average molecular weight is 189 g/mol. The monoisotopic (exact) mass is 189 g/mol. The van der Waals surface area contributed by atoms with Crippen LogP contribution < -0.4 is 5.32 Å². The molecule has 0 aromatic heterocycles. The third-order valence-corrected chi connectivity index (χ3v) is 3.02. The fourth-order valence-corrected chi connectivity index (χ4v) is 1.95. The Morgan fingerprint density at radius 3 is 3.00 bits per heavy atom. The quantitative estimate of drug-likeness (QED) is 0.661. The summed E-state index contributed by atoms with van der Waals surface area (Å²) in [4.78, 5) is 11.2. The number of thioether (sulfide) groups is 1. The fourth-order valence-electron chi connectivity index (χ4n) is 1.31. The van der Waals surface area contributed by atoms with Crippen molar-refractivity contribution < 1.29 is 9.53 Å². The number of carbonyl (C=O) groups excluding carboxylic acids is 1. The van der Waals surface area contributed by atoms with E-state index in [1.807, 2.05) is 6.92 Å². The molecule has 0 radical (unpaired) electrons. The number of rotatable bonds is 3. The van der Waals surface area contributed by atoms with E-state index in [1.165, 1.54) is 0 Å². The molecular weight excluding hydrogens is 174 g/mol. The minimum absolute atomic E-state index is 0.0672. The maximum absolute atomic E-state index is 11.2. The molecule has 0 aliphatic carbocycles. The van der Waals surface area contributed by atoms with Gasteiger partial charge in [0.2, 0.25) is 0 Å². The van der Waals surface area contributed by atoms with Gasteiger partial charge in [-0.1, -0.05) is 0 Å². The molecule has 0 aromatic carbocycles. The van der Waals surface area contributed by atoms with Crippen molar-refractivity contribution in [1.29, 1.82) is 0 Å². The highest BCUT2D eigenvalue weighted by Gasteiger charge is 2.29. The smallest absolute Gasteiger partial charge is 0.323 e. The molecule has 0 spiro atoms. The molecule has 1 rings (SSSR count). The largest absolute Gasteiger partial charge is 0.465 e. The van der Waals surface area contributed by atoms with Crippen LogP contribution in [0.25, 0.3) is 0 Å². The molecule has 1 aliphatic rings. The van der Waals surface area contributed by atoms with Gasteiger partial charge in [0.15, 0.2) is 0 Å². The Kier molecular flexibility index (Phi) is 3.88. The minimum atomic E-state index is -0.103. The van der Waals surface area contributed by atoms with Crippen molar-refractivity contribution in [3.63, 3.8) is 0 Å². The summed E-state index contributed by atoms with van der Waals surface area (Å²) in [6.07, 6.45) is 2.97. The fraction of sp³-hybridized carbons (Fsp3) is 0.875. The second kappa shape index (κ2) is 4.72. The Balaban J connectivity index is 2.31. The molecule has 0 saturated carbocycles.